The first kappa shape index (κ1) is 20.9. The second-order valence-electron chi connectivity index (χ2n) is 7.80. The predicted octanol–water partition coefficient (Wildman–Crippen LogP) is 4.28. The Hall–Kier alpha value is -3.35. The molecular weight excluding hydrogens is 388 g/mol. The first-order valence-corrected chi connectivity index (χ1v) is 10.9. The summed E-state index contributed by atoms with van der Waals surface area (Å²) in [7, 11) is 0. The lowest BCUT2D eigenvalue weighted by atomic mass is 10.1. The molecule has 0 saturated carbocycles. The van der Waals surface area contributed by atoms with Gasteiger partial charge in [-0.1, -0.05) is 35.9 Å². The minimum absolute atomic E-state index is 0.104. The van der Waals surface area contributed by atoms with Gasteiger partial charge in [0, 0.05) is 18.7 Å². The fraction of sp³-hybridized carbons (Fsp3) is 0.375. The van der Waals surface area contributed by atoms with Gasteiger partial charge in [-0.25, -0.2) is 14.7 Å². The van der Waals surface area contributed by atoms with Crippen molar-refractivity contribution in [3.63, 3.8) is 0 Å². The molecule has 1 aliphatic heterocycles. The maximum Gasteiger partial charge on any atom is 0.192 e. The number of rotatable bonds is 6. The van der Waals surface area contributed by atoms with Crippen LogP contribution < -0.4 is 15.4 Å². The topological polar surface area (TPSA) is 76.4 Å². The molecule has 2 N–H and O–H groups in total. The number of benzene rings is 2. The zero-order chi connectivity index (χ0) is 21.6. The number of nitrogens with one attached hydrogen (secondary N) is 2. The summed E-state index contributed by atoms with van der Waals surface area (Å²) in [6.45, 7) is 8.29. The smallest absolute Gasteiger partial charge is 0.192 e. The second-order valence-corrected chi connectivity index (χ2v) is 7.80. The minimum Gasteiger partial charge on any atom is -0.457 e. The van der Waals surface area contributed by atoms with E-state index in [-0.39, 0.29) is 6.04 Å². The Bertz CT molecular complexity index is 1040. The summed E-state index contributed by atoms with van der Waals surface area (Å²) in [5, 5.41) is 11.4. The number of hydrogen-bond donors (Lipinski definition) is 2. The molecular formula is C24H30N6O. The van der Waals surface area contributed by atoms with Gasteiger partial charge in [-0.05, 0) is 51.8 Å². The molecule has 0 radical (unpaired) electrons. The maximum absolute atomic E-state index is 6.12. The average molecular weight is 419 g/mol. The molecule has 2 aromatic carbocycles. The SMILES string of the molecule is CCNC(=NCc1ccccc1Oc1ccc(C)cc1)NC1CCCn2nc(C)nc21. The average Bonchev–Trinajstić information content (AvgIpc) is 3.16. The Kier molecular flexibility index (Phi) is 6.50. The molecule has 4 rings (SSSR count). The van der Waals surface area contributed by atoms with Gasteiger partial charge in [0.05, 0.1) is 12.6 Å². The zero-order valence-electron chi connectivity index (χ0n) is 18.4. The lowest BCUT2D eigenvalue weighted by molar-refractivity contribution is 0.397. The number of fused-ring (bicyclic) bond motifs is 1. The summed E-state index contributed by atoms with van der Waals surface area (Å²) >= 11 is 0. The van der Waals surface area contributed by atoms with E-state index < -0.39 is 0 Å². The molecule has 0 fully saturated rings. The zero-order valence-corrected chi connectivity index (χ0v) is 18.4. The Labute approximate surface area is 183 Å². The van der Waals surface area contributed by atoms with Crippen LogP contribution in [0.3, 0.4) is 0 Å². The molecule has 1 aromatic heterocycles. The highest BCUT2D eigenvalue weighted by Crippen LogP contribution is 2.26. The van der Waals surface area contributed by atoms with Crippen LogP contribution in [0, 0.1) is 13.8 Å². The monoisotopic (exact) mass is 418 g/mol. The van der Waals surface area contributed by atoms with Crippen LogP contribution in [-0.2, 0) is 13.1 Å². The van der Waals surface area contributed by atoms with Crippen LogP contribution in [0.2, 0.25) is 0 Å². The van der Waals surface area contributed by atoms with Crippen LogP contribution in [-0.4, -0.2) is 27.3 Å². The Morgan fingerprint density at radius 2 is 1.97 bits per heavy atom. The quantitative estimate of drug-likeness (QED) is 0.462. The highest BCUT2D eigenvalue weighted by atomic mass is 16.5. The Morgan fingerprint density at radius 3 is 2.77 bits per heavy atom. The number of aromatic nitrogens is 3. The van der Waals surface area contributed by atoms with Gasteiger partial charge in [-0.2, -0.15) is 5.10 Å². The Morgan fingerprint density at radius 1 is 1.16 bits per heavy atom. The van der Waals surface area contributed by atoms with Gasteiger partial charge in [0.15, 0.2) is 5.96 Å². The molecule has 0 saturated heterocycles. The molecule has 162 valence electrons. The van der Waals surface area contributed by atoms with Crippen molar-refractivity contribution in [3.05, 3.63) is 71.3 Å². The van der Waals surface area contributed by atoms with Crippen molar-refractivity contribution >= 4 is 5.96 Å². The number of guanidine groups is 1. The summed E-state index contributed by atoms with van der Waals surface area (Å²) in [6, 6.07) is 16.2. The number of para-hydroxylation sites is 1. The molecule has 7 nitrogen and oxygen atoms in total. The maximum atomic E-state index is 6.12. The van der Waals surface area contributed by atoms with Crippen LogP contribution in [0.4, 0.5) is 0 Å². The van der Waals surface area contributed by atoms with Crippen molar-refractivity contribution in [2.75, 3.05) is 6.54 Å². The normalized spacial score (nSPS) is 16.0. The van der Waals surface area contributed by atoms with Crippen molar-refractivity contribution in [2.45, 2.75) is 52.7 Å². The molecule has 1 unspecified atom stereocenters. The second kappa shape index (κ2) is 9.64. The lowest BCUT2D eigenvalue weighted by Gasteiger charge is -2.25. The lowest BCUT2D eigenvalue weighted by Crippen LogP contribution is -2.41. The van der Waals surface area contributed by atoms with E-state index in [1.165, 1.54) is 5.56 Å². The molecule has 1 atom stereocenters. The van der Waals surface area contributed by atoms with Crippen molar-refractivity contribution < 1.29 is 4.74 Å². The minimum atomic E-state index is 0.104. The molecule has 0 spiro atoms. The van der Waals surface area contributed by atoms with Gasteiger partial charge in [0.25, 0.3) is 0 Å². The number of ether oxygens (including phenoxy) is 1. The largest absolute Gasteiger partial charge is 0.457 e. The van der Waals surface area contributed by atoms with Crippen LogP contribution in [0.5, 0.6) is 11.5 Å². The van der Waals surface area contributed by atoms with Gasteiger partial charge in [-0.3, -0.25) is 0 Å². The summed E-state index contributed by atoms with van der Waals surface area (Å²) in [5.41, 5.74) is 2.24. The molecule has 2 heterocycles. The molecule has 0 bridgehead atoms. The molecule has 31 heavy (non-hydrogen) atoms. The third kappa shape index (κ3) is 5.23. The van der Waals surface area contributed by atoms with E-state index in [9.17, 15) is 0 Å². The van der Waals surface area contributed by atoms with E-state index in [0.29, 0.717) is 6.54 Å². The van der Waals surface area contributed by atoms with Crippen molar-refractivity contribution in [1.82, 2.24) is 25.4 Å². The standard InChI is InChI=1S/C24H30N6O/c1-4-25-24(28-21-9-7-15-30-23(21)27-18(3)29-30)26-16-19-8-5-6-10-22(19)31-20-13-11-17(2)12-14-20/h5-6,8,10-14,21H,4,7,9,15-16H2,1-3H3,(H2,25,26,28). The van der Waals surface area contributed by atoms with E-state index in [0.717, 1.165) is 60.6 Å². The van der Waals surface area contributed by atoms with E-state index in [1.807, 2.05) is 54.1 Å². The van der Waals surface area contributed by atoms with Gasteiger partial charge in [-0.15, -0.1) is 0 Å². The summed E-state index contributed by atoms with van der Waals surface area (Å²) in [6.07, 6.45) is 2.08. The molecule has 0 aliphatic carbocycles. The summed E-state index contributed by atoms with van der Waals surface area (Å²) in [5.74, 6) is 4.21. The van der Waals surface area contributed by atoms with E-state index in [4.69, 9.17) is 9.73 Å². The molecule has 7 heteroatoms. The van der Waals surface area contributed by atoms with Gasteiger partial charge in [0.2, 0.25) is 0 Å². The molecule has 3 aromatic rings. The number of hydrogen-bond acceptors (Lipinski definition) is 4. The predicted molar refractivity (Wildman–Crippen MR) is 122 cm³/mol. The van der Waals surface area contributed by atoms with E-state index in [2.05, 4.69) is 40.6 Å². The number of aliphatic imine (C=N–C) groups is 1. The molecule has 1 aliphatic rings. The fourth-order valence-electron chi connectivity index (χ4n) is 3.72. The van der Waals surface area contributed by atoms with E-state index >= 15 is 0 Å². The van der Waals surface area contributed by atoms with Gasteiger partial charge < -0.3 is 15.4 Å². The van der Waals surface area contributed by atoms with Gasteiger partial charge in [0.1, 0.15) is 23.1 Å². The van der Waals surface area contributed by atoms with Crippen LogP contribution in [0.15, 0.2) is 53.5 Å². The summed E-state index contributed by atoms with van der Waals surface area (Å²) < 4.78 is 8.13. The van der Waals surface area contributed by atoms with Crippen LogP contribution in [0.25, 0.3) is 0 Å². The van der Waals surface area contributed by atoms with Crippen molar-refractivity contribution in [1.29, 1.82) is 0 Å². The van der Waals surface area contributed by atoms with Crippen LogP contribution in [0.1, 0.15) is 48.6 Å². The van der Waals surface area contributed by atoms with Crippen molar-refractivity contribution in [3.8, 4) is 11.5 Å². The van der Waals surface area contributed by atoms with Crippen LogP contribution >= 0.6 is 0 Å². The van der Waals surface area contributed by atoms with Crippen molar-refractivity contribution in [2.24, 2.45) is 4.99 Å². The summed E-state index contributed by atoms with van der Waals surface area (Å²) in [4.78, 5) is 9.45. The highest BCUT2D eigenvalue weighted by Gasteiger charge is 2.24. The molecule has 0 amide bonds. The Balaban J connectivity index is 1.50. The third-order valence-corrected chi connectivity index (χ3v) is 5.26. The fourth-order valence-corrected chi connectivity index (χ4v) is 3.72. The van der Waals surface area contributed by atoms with E-state index in [1.54, 1.807) is 0 Å². The number of aryl methyl sites for hydroxylation is 3. The van der Waals surface area contributed by atoms with Gasteiger partial charge >= 0.3 is 0 Å². The first-order chi connectivity index (χ1) is 15.1. The third-order valence-electron chi connectivity index (χ3n) is 5.26. The first-order valence-electron chi connectivity index (χ1n) is 10.9. The highest BCUT2D eigenvalue weighted by molar-refractivity contribution is 5.80. The number of nitrogens with zero attached hydrogens (tertiary/aromatic N) is 4.